The molecule has 0 spiro atoms. The lowest BCUT2D eigenvalue weighted by Gasteiger charge is -2.20. The van der Waals surface area contributed by atoms with Gasteiger partial charge >= 0.3 is 6.09 Å². The van der Waals surface area contributed by atoms with E-state index in [-0.39, 0.29) is 5.82 Å². The van der Waals surface area contributed by atoms with Crippen LogP contribution in [-0.4, -0.2) is 33.9 Å². The summed E-state index contributed by atoms with van der Waals surface area (Å²) in [6, 6.07) is 7.49. The molecule has 172 valence electrons. The Morgan fingerprint density at radius 2 is 2.00 bits per heavy atom. The molecule has 6 nitrogen and oxygen atoms in total. The minimum atomic E-state index is -0.918. The van der Waals surface area contributed by atoms with Crippen LogP contribution in [0.15, 0.2) is 42.9 Å². The number of aryl methyl sites for hydroxylation is 2. The zero-order valence-electron chi connectivity index (χ0n) is 19.0. The van der Waals surface area contributed by atoms with E-state index < -0.39 is 6.09 Å². The summed E-state index contributed by atoms with van der Waals surface area (Å²) >= 11 is 0. The van der Waals surface area contributed by atoms with Crippen molar-refractivity contribution in [2.24, 2.45) is 0 Å². The summed E-state index contributed by atoms with van der Waals surface area (Å²) in [5, 5.41) is 10.7. The fourth-order valence-electron chi connectivity index (χ4n) is 3.98. The van der Waals surface area contributed by atoms with Crippen LogP contribution in [0.2, 0.25) is 0 Å². The van der Waals surface area contributed by atoms with E-state index in [2.05, 4.69) is 17.3 Å². The van der Waals surface area contributed by atoms with Gasteiger partial charge in [-0.25, -0.2) is 9.18 Å². The summed E-state index contributed by atoms with van der Waals surface area (Å²) in [6.45, 7) is 5.38. The van der Waals surface area contributed by atoms with E-state index in [9.17, 15) is 14.3 Å². The minimum absolute atomic E-state index is 0.268. The Bertz CT molecular complexity index is 1030. The first kappa shape index (κ1) is 23.6. The van der Waals surface area contributed by atoms with Gasteiger partial charge in [0.1, 0.15) is 5.82 Å². The molecule has 0 aliphatic carbocycles. The van der Waals surface area contributed by atoms with Crippen molar-refractivity contribution in [1.82, 2.24) is 9.66 Å². The third kappa shape index (κ3) is 5.99. The second-order valence-corrected chi connectivity index (χ2v) is 8.21. The van der Waals surface area contributed by atoms with Crippen LogP contribution in [0.3, 0.4) is 0 Å². The van der Waals surface area contributed by atoms with Crippen LogP contribution < -0.4 is 10.3 Å². The highest BCUT2D eigenvalue weighted by atomic mass is 19.1. The van der Waals surface area contributed by atoms with E-state index >= 15 is 0 Å². The number of rotatable bonds is 12. The first-order valence-corrected chi connectivity index (χ1v) is 11.5. The largest absolute Gasteiger partial charge is 0.465 e. The molecule has 1 aromatic carbocycles. The summed E-state index contributed by atoms with van der Waals surface area (Å²) in [7, 11) is 0. The van der Waals surface area contributed by atoms with Gasteiger partial charge in [-0.15, -0.1) is 0 Å². The van der Waals surface area contributed by atoms with E-state index in [1.54, 1.807) is 12.3 Å². The second-order valence-electron chi connectivity index (χ2n) is 8.21. The summed E-state index contributed by atoms with van der Waals surface area (Å²) in [4.78, 5) is 17.1. The predicted molar refractivity (Wildman–Crippen MR) is 128 cm³/mol. The van der Waals surface area contributed by atoms with E-state index in [1.165, 1.54) is 23.9 Å². The second kappa shape index (κ2) is 11.5. The van der Waals surface area contributed by atoms with Crippen molar-refractivity contribution in [3.63, 3.8) is 0 Å². The molecular formula is C25H33FN4O2. The number of anilines is 1. The molecule has 0 aliphatic rings. The van der Waals surface area contributed by atoms with E-state index in [0.717, 1.165) is 42.1 Å². The molecule has 0 saturated carbocycles. The van der Waals surface area contributed by atoms with Crippen LogP contribution in [0.25, 0.3) is 10.9 Å². The number of fused-ring (bicyclic) bond motifs is 1. The maximum Gasteiger partial charge on any atom is 0.411 e. The summed E-state index contributed by atoms with van der Waals surface area (Å²) in [6.07, 6.45) is 10.8. The zero-order valence-corrected chi connectivity index (χ0v) is 19.0. The molecule has 3 aromatic rings. The first-order valence-electron chi connectivity index (χ1n) is 11.5. The minimum Gasteiger partial charge on any atom is -0.465 e. The van der Waals surface area contributed by atoms with Crippen LogP contribution in [-0.2, 0) is 6.42 Å². The highest BCUT2D eigenvalue weighted by molar-refractivity contribution is 5.92. The monoisotopic (exact) mass is 440 g/mol. The third-order valence-corrected chi connectivity index (χ3v) is 5.78. The molecule has 3 rings (SSSR count). The standard InChI is InChI=1S/C25H33FN4O2/c1-3-4-5-6-7-15-29(25(31)32)21-10-11-24-22(16-21)19(2)18-30(24)28-13-8-9-20-12-14-27-17-23(20)26/h10-12,14,16-18,28H,3-9,13,15H2,1-2H3,(H,31,32). The average molecular weight is 441 g/mol. The van der Waals surface area contributed by atoms with Gasteiger partial charge in [0.25, 0.3) is 0 Å². The number of unbranched alkanes of at least 4 members (excludes halogenated alkanes) is 4. The lowest BCUT2D eigenvalue weighted by Crippen LogP contribution is -2.30. The van der Waals surface area contributed by atoms with Crippen molar-refractivity contribution in [2.75, 3.05) is 23.4 Å². The molecule has 0 radical (unpaired) electrons. The Balaban J connectivity index is 1.64. The summed E-state index contributed by atoms with van der Waals surface area (Å²) < 4.78 is 15.7. The van der Waals surface area contributed by atoms with Gasteiger partial charge in [0.15, 0.2) is 0 Å². The van der Waals surface area contributed by atoms with E-state index in [1.807, 2.05) is 36.0 Å². The summed E-state index contributed by atoms with van der Waals surface area (Å²) in [5.41, 5.74) is 6.81. The maximum absolute atomic E-state index is 13.7. The van der Waals surface area contributed by atoms with Crippen molar-refractivity contribution in [3.8, 4) is 0 Å². The number of carboxylic acid groups (broad SMARTS) is 1. The number of carbonyl (C=O) groups is 1. The van der Waals surface area contributed by atoms with Crippen molar-refractivity contribution in [2.45, 2.75) is 58.8 Å². The van der Waals surface area contributed by atoms with Crippen LogP contribution in [0.1, 0.15) is 56.6 Å². The molecule has 32 heavy (non-hydrogen) atoms. The lowest BCUT2D eigenvalue weighted by molar-refractivity contribution is 0.201. The highest BCUT2D eigenvalue weighted by Gasteiger charge is 2.16. The number of nitrogens with zero attached hydrogens (tertiary/aromatic N) is 3. The number of pyridine rings is 1. The molecule has 2 aromatic heterocycles. The summed E-state index contributed by atoms with van der Waals surface area (Å²) in [5.74, 6) is -0.268. The highest BCUT2D eigenvalue weighted by Crippen LogP contribution is 2.26. The fraction of sp³-hybridized carbons (Fsp3) is 0.440. The van der Waals surface area contributed by atoms with Gasteiger partial charge in [-0.1, -0.05) is 32.6 Å². The van der Waals surface area contributed by atoms with Crippen LogP contribution in [0.4, 0.5) is 14.9 Å². The fourth-order valence-corrected chi connectivity index (χ4v) is 3.98. The SMILES string of the molecule is CCCCCCCN(C(=O)O)c1ccc2c(c1)c(C)cn2NCCCc1ccncc1F. The molecule has 0 saturated heterocycles. The number of aromatic nitrogens is 2. The molecule has 2 N–H and O–H groups in total. The molecule has 1 amide bonds. The Hall–Kier alpha value is -3.09. The number of nitrogens with one attached hydrogen (secondary N) is 1. The quantitative estimate of drug-likeness (QED) is 0.333. The van der Waals surface area contributed by atoms with Crippen molar-refractivity contribution >= 4 is 22.7 Å². The maximum atomic E-state index is 13.7. The van der Waals surface area contributed by atoms with Gasteiger partial charge < -0.3 is 10.5 Å². The molecule has 7 heteroatoms. The Morgan fingerprint density at radius 1 is 1.19 bits per heavy atom. The topological polar surface area (TPSA) is 70.4 Å². The van der Waals surface area contributed by atoms with Crippen LogP contribution >= 0.6 is 0 Å². The predicted octanol–water partition coefficient (Wildman–Crippen LogP) is 6.11. The number of hydrogen-bond donors (Lipinski definition) is 2. The molecular weight excluding hydrogens is 407 g/mol. The molecule has 0 bridgehead atoms. The van der Waals surface area contributed by atoms with Crippen molar-refractivity contribution < 1.29 is 14.3 Å². The van der Waals surface area contributed by atoms with Crippen LogP contribution in [0, 0.1) is 12.7 Å². The van der Waals surface area contributed by atoms with E-state index in [0.29, 0.717) is 30.8 Å². The molecule has 0 aliphatic heterocycles. The first-order chi connectivity index (χ1) is 15.5. The van der Waals surface area contributed by atoms with Gasteiger partial charge in [-0.2, -0.15) is 0 Å². The third-order valence-electron chi connectivity index (χ3n) is 5.78. The molecule has 0 atom stereocenters. The van der Waals surface area contributed by atoms with Gasteiger partial charge in [-0.3, -0.25) is 14.6 Å². The number of hydrogen-bond acceptors (Lipinski definition) is 3. The molecule has 0 unspecified atom stereocenters. The Labute approximate surface area is 189 Å². The van der Waals surface area contributed by atoms with Gasteiger partial charge in [0, 0.05) is 36.6 Å². The van der Waals surface area contributed by atoms with Gasteiger partial charge in [0.05, 0.1) is 11.7 Å². The molecule has 2 heterocycles. The number of benzene rings is 1. The smallest absolute Gasteiger partial charge is 0.411 e. The number of halogens is 1. The number of amides is 1. The molecule has 0 fully saturated rings. The lowest BCUT2D eigenvalue weighted by atomic mass is 10.1. The normalized spacial score (nSPS) is 11.1. The average Bonchev–Trinajstić information content (AvgIpc) is 3.09. The van der Waals surface area contributed by atoms with Crippen molar-refractivity contribution in [1.29, 1.82) is 0 Å². The zero-order chi connectivity index (χ0) is 22.9. The van der Waals surface area contributed by atoms with E-state index in [4.69, 9.17) is 0 Å². The van der Waals surface area contributed by atoms with Gasteiger partial charge in [-0.05, 0) is 61.6 Å². The van der Waals surface area contributed by atoms with Gasteiger partial charge in [0.2, 0.25) is 0 Å². The Kier molecular flexibility index (Phi) is 8.48. The Morgan fingerprint density at radius 3 is 2.75 bits per heavy atom. The van der Waals surface area contributed by atoms with Crippen LogP contribution in [0.5, 0.6) is 0 Å². The van der Waals surface area contributed by atoms with Crippen molar-refractivity contribution in [3.05, 3.63) is 59.8 Å².